The van der Waals surface area contributed by atoms with Crippen LogP contribution in [0.15, 0.2) is 59.7 Å². The third-order valence-corrected chi connectivity index (χ3v) is 3.70. The Kier molecular flexibility index (Phi) is 4.47. The van der Waals surface area contributed by atoms with Gasteiger partial charge in [0.2, 0.25) is 0 Å². The molecule has 0 saturated carbocycles. The Hall–Kier alpha value is -2.54. The average molecular weight is 375 g/mol. The zero-order valence-corrected chi connectivity index (χ0v) is 13.5. The number of rotatable bonds is 4. The van der Waals surface area contributed by atoms with Crippen LogP contribution in [0.1, 0.15) is 15.9 Å². The molecule has 0 radical (unpaired) electrons. The van der Waals surface area contributed by atoms with E-state index in [0.717, 1.165) is 11.4 Å². The highest BCUT2D eigenvalue weighted by Crippen LogP contribution is 2.15. The number of amides is 1. The van der Waals surface area contributed by atoms with Gasteiger partial charge in [-0.05, 0) is 29.8 Å². The maximum Gasteiger partial charge on any atom is 0.254 e. The molecule has 7 heteroatoms. The Labute approximate surface area is 140 Å². The van der Waals surface area contributed by atoms with Gasteiger partial charge in [0.1, 0.15) is 18.0 Å². The summed E-state index contributed by atoms with van der Waals surface area (Å²) in [6.45, 7) is 0.269. The second-order valence-electron chi connectivity index (χ2n) is 4.80. The van der Waals surface area contributed by atoms with Crippen LogP contribution in [0.2, 0.25) is 0 Å². The highest BCUT2D eigenvalue weighted by atomic mass is 79.9. The summed E-state index contributed by atoms with van der Waals surface area (Å²) < 4.78 is 16.1. The smallest absolute Gasteiger partial charge is 0.254 e. The number of nitrogens with zero attached hydrogens (tertiary/aromatic N) is 3. The van der Waals surface area contributed by atoms with Gasteiger partial charge in [-0.2, -0.15) is 0 Å². The lowest BCUT2D eigenvalue weighted by atomic mass is 10.2. The van der Waals surface area contributed by atoms with E-state index < -0.39 is 11.7 Å². The van der Waals surface area contributed by atoms with Crippen molar-refractivity contribution in [3.63, 3.8) is 0 Å². The van der Waals surface area contributed by atoms with Crippen molar-refractivity contribution in [2.75, 3.05) is 0 Å². The summed E-state index contributed by atoms with van der Waals surface area (Å²) in [6, 6.07) is 7.99. The van der Waals surface area contributed by atoms with Gasteiger partial charge in [-0.3, -0.25) is 9.36 Å². The first-order valence-electron chi connectivity index (χ1n) is 6.80. The largest absolute Gasteiger partial charge is 0.348 e. The third-order valence-electron chi connectivity index (χ3n) is 3.21. The SMILES string of the molecule is O=C(NCc1ccc(-n2ccnc2)nc1)c1ccc(Br)cc1F. The predicted octanol–water partition coefficient (Wildman–Crippen LogP) is 3.10. The van der Waals surface area contributed by atoms with Gasteiger partial charge in [-0.15, -0.1) is 0 Å². The normalized spacial score (nSPS) is 10.5. The Morgan fingerprint density at radius 3 is 2.83 bits per heavy atom. The van der Waals surface area contributed by atoms with Crippen LogP contribution in [0.5, 0.6) is 0 Å². The molecule has 2 aromatic heterocycles. The van der Waals surface area contributed by atoms with Crippen molar-refractivity contribution < 1.29 is 9.18 Å². The first kappa shape index (κ1) is 15.4. The lowest BCUT2D eigenvalue weighted by Gasteiger charge is -2.07. The van der Waals surface area contributed by atoms with Crippen LogP contribution in [0, 0.1) is 5.82 Å². The van der Waals surface area contributed by atoms with E-state index in [4.69, 9.17) is 0 Å². The summed E-state index contributed by atoms with van der Waals surface area (Å²) in [5, 5.41) is 2.68. The molecular weight excluding hydrogens is 363 g/mol. The maximum absolute atomic E-state index is 13.7. The molecule has 0 aliphatic heterocycles. The van der Waals surface area contributed by atoms with Crippen LogP contribution >= 0.6 is 15.9 Å². The molecule has 116 valence electrons. The molecule has 3 rings (SSSR count). The van der Waals surface area contributed by atoms with Gasteiger partial charge in [-0.1, -0.05) is 22.0 Å². The van der Waals surface area contributed by atoms with Crippen LogP contribution in [0.25, 0.3) is 5.82 Å². The highest BCUT2D eigenvalue weighted by Gasteiger charge is 2.11. The van der Waals surface area contributed by atoms with Gasteiger partial charge in [0, 0.05) is 29.6 Å². The zero-order chi connectivity index (χ0) is 16.2. The molecule has 3 aromatic rings. The third kappa shape index (κ3) is 3.62. The molecule has 0 saturated heterocycles. The van der Waals surface area contributed by atoms with E-state index in [1.807, 2.05) is 12.1 Å². The molecule has 0 atom stereocenters. The minimum Gasteiger partial charge on any atom is -0.348 e. The van der Waals surface area contributed by atoms with E-state index in [2.05, 4.69) is 31.2 Å². The van der Waals surface area contributed by atoms with Crippen LogP contribution in [-0.2, 0) is 6.54 Å². The van der Waals surface area contributed by atoms with Crippen molar-refractivity contribution in [3.05, 3.63) is 76.7 Å². The summed E-state index contributed by atoms with van der Waals surface area (Å²) >= 11 is 3.16. The fourth-order valence-corrected chi connectivity index (χ4v) is 2.35. The van der Waals surface area contributed by atoms with Crippen molar-refractivity contribution in [2.45, 2.75) is 6.54 Å². The van der Waals surface area contributed by atoms with E-state index in [0.29, 0.717) is 4.47 Å². The molecule has 5 nitrogen and oxygen atoms in total. The average Bonchev–Trinajstić information content (AvgIpc) is 3.07. The molecule has 0 unspecified atom stereocenters. The molecule has 1 aromatic carbocycles. The highest BCUT2D eigenvalue weighted by molar-refractivity contribution is 9.10. The molecule has 2 heterocycles. The Morgan fingerprint density at radius 2 is 2.17 bits per heavy atom. The molecule has 0 bridgehead atoms. The summed E-state index contributed by atoms with van der Waals surface area (Å²) in [6.07, 6.45) is 6.77. The van der Waals surface area contributed by atoms with Gasteiger partial charge in [-0.25, -0.2) is 14.4 Å². The van der Waals surface area contributed by atoms with E-state index >= 15 is 0 Å². The van der Waals surface area contributed by atoms with Crippen molar-refractivity contribution in [3.8, 4) is 5.82 Å². The van der Waals surface area contributed by atoms with E-state index in [1.54, 1.807) is 35.6 Å². The van der Waals surface area contributed by atoms with Crippen molar-refractivity contribution in [1.82, 2.24) is 19.9 Å². The number of hydrogen-bond donors (Lipinski definition) is 1. The molecule has 0 aliphatic rings. The minimum atomic E-state index is -0.564. The number of nitrogens with one attached hydrogen (secondary N) is 1. The van der Waals surface area contributed by atoms with Gasteiger partial charge in [0.05, 0.1) is 5.56 Å². The zero-order valence-electron chi connectivity index (χ0n) is 11.9. The summed E-state index contributed by atoms with van der Waals surface area (Å²) in [5.41, 5.74) is 0.830. The van der Waals surface area contributed by atoms with Crippen LogP contribution in [-0.4, -0.2) is 20.4 Å². The van der Waals surface area contributed by atoms with Gasteiger partial charge < -0.3 is 5.32 Å². The number of imidazole rings is 1. The van der Waals surface area contributed by atoms with Crippen molar-refractivity contribution in [1.29, 1.82) is 0 Å². The van der Waals surface area contributed by atoms with E-state index in [1.165, 1.54) is 12.1 Å². The number of halogens is 2. The molecule has 1 N–H and O–H groups in total. The quantitative estimate of drug-likeness (QED) is 0.763. The van der Waals surface area contributed by atoms with Crippen molar-refractivity contribution >= 4 is 21.8 Å². The first-order chi connectivity index (χ1) is 11.1. The Bertz CT molecular complexity index is 819. The standard InChI is InChI=1S/C16H12BrFN4O/c17-12-2-3-13(14(18)7-12)16(23)21-9-11-1-4-15(20-8-11)22-6-5-19-10-22/h1-8,10H,9H2,(H,21,23). The second-order valence-corrected chi connectivity index (χ2v) is 5.72. The number of benzene rings is 1. The van der Waals surface area contributed by atoms with Crippen LogP contribution in [0.4, 0.5) is 4.39 Å². The topological polar surface area (TPSA) is 59.8 Å². The molecule has 0 spiro atoms. The van der Waals surface area contributed by atoms with E-state index in [9.17, 15) is 9.18 Å². The summed E-state index contributed by atoms with van der Waals surface area (Å²) in [5.74, 6) is -0.296. The fraction of sp³-hybridized carbons (Fsp3) is 0.0625. The molecule has 0 aliphatic carbocycles. The monoisotopic (exact) mass is 374 g/mol. The molecule has 23 heavy (non-hydrogen) atoms. The number of hydrogen-bond acceptors (Lipinski definition) is 3. The van der Waals surface area contributed by atoms with Crippen LogP contribution < -0.4 is 5.32 Å². The van der Waals surface area contributed by atoms with Gasteiger partial charge in [0.25, 0.3) is 5.91 Å². The summed E-state index contributed by atoms with van der Waals surface area (Å²) in [4.78, 5) is 20.3. The van der Waals surface area contributed by atoms with E-state index in [-0.39, 0.29) is 12.1 Å². The van der Waals surface area contributed by atoms with Crippen LogP contribution in [0.3, 0.4) is 0 Å². The fourth-order valence-electron chi connectivity index (χ4n) is 2.02. The minimum absolute atomic E-state index is 0.0104. The van der Waals surface area contributed by atoms with Gasteiger partial charge >= 0.3 is 0 Å². The number of pyridine rings is 1. The maximum atomic E-state index is 13.7. The molecule has 1 amide bonds. The molecular formula is C16H12BrFN4O. The summed E-state index contributed by atoms with van der Waals surface area (Å²) in [7, 11) is 0. The van der Waals surface area contributed by atoms with Crippen molar-refractivity contribution in [2.24, 2.45) is 0 Å². The Balaban J connectivity index is 1.65. The first-order valence-corrected chi connectivity index (χ1v) is 7.59. The lowest BCUT2D eigenvalue weighted by molar-refractivity contribution is 0.0947. The second kappa shape index (κ2) is 6.70. The number of aromatic nitrogens is 3. The van der Waals surface area contributed by atoms with Gasteiger partial charge in [0.15, 0.2) is 0 Å². The lowest BCUT2D eigenvalue weighted by Crippen LogP contribution is -2.23. The number of carbonyl (C=O) groups excluding carboxylic acids is 1. The predicted molar refractivity (Wildman–Crippen MR) is 86.6 cm³/mol. The Morgan fingerprint density at radius 1 is 1.30 bits per heavy atom. The number of carbonyl (C=O) groups is 1. The molecule has 0 fully saturated rings.